The molecule has 1 fully saturated rings. The van der Waals surface area contributed by atoms with E-state index in [1.165, 1.54) is 6.26 Å². The van der Waals surface area contributed by atoms with Crippen LogP contribution < -0.4 is 9.47 Å². The Labute approximate surface area is 206 Å². The average Bonchev–Trinajstić information content (AvgIpc) is 2.93. The van der Waals surface area contributed by atoms with Crippen molar-refractivity contribution in [3.8, 4) is 11.5 Å². The number of fused-ring (bicyclic) bond motifs is 1. The molecular weight excluding hydrogens is 442 g/mol. The molecule has 6 heteroatoms. The van der Waals surface area contributed by atoms with E-state index in [4.69, 9.17) is 18.9 Å². The highest BCUT2D eigenvalue weighted by Crippen LogP contribution is 2.31. The van der Waals surface area contributed by atoms with Gasteiger partial charge in [-0.3, -0.25) is 9.69 Å². The number of carbonyl (C=O) groups excluding carboxylic acids is 1. The molecule has 1 aliphatic carbocycles. The molecule has 0 radical (unpaired) electrons. The van der Waals surface area contributed by atoms with E-state index >= 15 is 0 Å². The van der Waals surface area contributed by atoms with Crippen molar-refractivity contribution in [1.29, 1.82) is 0 Å². The van der Waals surface area contributed by atoms with Gasteiger partial charge in [-0.1, -0.05) is 36.4 Å². The first kappa shape index (κ1) is 23.2. The summed E-state index contributed by atoms with van der Waals surface area (Å²) in [7, 11) is 1.68. The lowest BCUT2D eigenvalue weighted by Crippen LogP contribution is -2.39. The van der Waals surface area contributed by atoms with Gasteiger partial charge in [0.1, 0.15) is 24.0 Å². The van der Waals surface area contributed by atoms with E-state index < -0.39 is 0 Å². The van der Waals surface area contributed by atoms with Gasteiger partial charge in [-0.2, -0.15) is 0 Å². The Bertz CT molecular complexity index is 1200. The van der Waals surface area contributed by atoms with Crippen LogP contribution in [0.3, 0.4) is 0 Å². The van der Waals surface area contributed by atoms with Gasteiger partial charge in [-0.25, -0.2) is 0 Å². The van der Waals surface area contributed by atoms with Gasteiger partial charge in [0.05, 0.1) is 20.3 Å². The maximum absolute atomic E-state index is 12.9. The van der Waals surface area contributed by atoms with Crippen molar-refractivity contribution >= 4 is 16.6 Å². The lowest BCUT2D eigenvalue weighted by atomic mass is 9.97. The SMILES string of the molecule is COc1ccc2cccc(OCC3CCN(CC(=O)C4=COC=C(C5=CC=CCC5)O4)CC3)c2c1. The summed E-state index contributed by atoms with van der Waals surface area (Å²) in [5.41, 5.74) is 1.05. The monoisotopic (exact) mass is 473 g/mol. The van der Waals surface area contributed by atoms with Crippen molar-refractivity contribution in [2.24, 2.45) is 5.92 Å². The molecule has 0 spiro atoms. The molecule has 6 nitrogen and oxygen atoms in total. The fourth-order valence-corrected chi connectivity index (χ4v) is 4.67. The van der Waals surface area contributed by atoms with Crippen LogP contribution in [0.25, 0.3) is 10.8 Å². The standard InChI is InChI=1S/C29H31NO5/c1-32-24-11-10-22-8-5-9-27(25(22)16-24)34-18-21-12-14-30(15-13-21)17-26(31)29-20-33-19-28(35-29)23-6-3-2-4-7-23/h2-3,5-6,8-11,16,19-21H,4,7,12-15,17-18H2,1H3. The van der Waals surface area contributed by atoms with Crippen LogP contribution in [-0.4, -0.2) is 44.0 Å². The highest BCUT2D eigenvalue weighted by atomic mass is 16.5. The van der Waals surface area contributed by atoms with E-state index in [0.717, 1.165) is 66.6 Å². The van der Waals surface area contributed by atoms with Crippen LogP contribution in [0.1, 0.15) is 25.7 Å². The number of hydrogen-bond donors (Lipinski definition) is 0. The average molecular weight is 474 g/mol. The van der Waals surface area contributed by atoms with Crippen molar-refractivity contribution in [2.75, 3.05) is 33.4 Å². The van der Waals surface area contributed by atoms with Crippen molar-refractivity contribution in [2.45, 2.75) is 25.7 Å². The number of allylic oxidation sites excluding steroid dienone is 4. The van der Waals surface area contributed by atoms with Gasteiger partial charge < -0.3 is 18.9 Å². The zero-order valence-electron chi connectivity index (χ0n) is 20.1. The molecule has 0 N–H and O–H groups in total. The Hall–Kier alpha value is -3.51. The molecule has 2 aliphatic heterocycles. The van der Waals surface area contributed by atoms with E-state index in [2.05, 4.69) is 23.1 Å². The lowest BCUT2D eigenvalue weighted by molar-refractivity contribution is -0.120. The first-order valence-corrected chi connectivity index (χ1v) is 12.2. The fourth-order valence-electron chi connectivity index (χ4n) is 4.67. The summed E-state index contributed by atoms with van der Waals surface area (Å²) in [6, 6.07) is 12.1. The molecule has 0 amide bonds. The number of piperidine rings is 1. The van der Waals surface area contributed by atoms with Gasteiger partial charge in [-0.15, -0.1) is 0 Å². The molecule has 0 bridgehead atoms. The van der Waals surface area contributed by atoms with E-state index in [-0.39, 0.29) is 11.5 Å². The molecule has 0 atom stereocenters. The van der Waals surface area contributed by atoms with Gasteiger partial charge >= 0.3 is 0 Å². The second-order valence-corrected chi connectivity index (χ2v) is 9.16. The largest absolute Gasteiger partial charge is 0.497 e. The Morgan fingerprint density at radius 1 is 1.14 bits per heavy atom. The van der Waals surface area contributed by atoms with Gasteiger partial charge in [0.25, 0.3) is 0 Å². The number of benzene rings is 2. The summed E-state index contributed by atoms with van der Waals surface area (Å²) in [6.45, 7) is 2.71. The van der Waals surface area contributed by atoms with Crippen LogP contribution >= 0.6 is 0 Å². The van der Waals surface area contributed by atoms with Crippen molar-refractivity contribution < 1.29 is 23.7 Å². The minimum Gasteiger partial charge on any atom is -0.497 e. The van der Waals surface area contributed by atoms with Crippen molar-refractivity contribution in [3.05, 3.63) is 84.2 Å². The predicted octanol–water partition coefficient (Wildman–Crippen LogP) is 5.51. The zero-order valence-corrected chi connectivity index (χ0v) is 20.1. The summed E-state index contributed by atoms with van der Waals surface area (Å²) in [5.74, 6) is 3.01. The molecule has 0 unspecified atom stereocenters. The highest BCUT2D eigenvalue weighted by molar-refractivity contribution is 5.95. The minimum absolute atomic E-state index is 0.0537. The van der Waals surface area contributed by atoms with Crippen molar-refractivity contribution in [3.63, 3.8) is 0 Å². The highest BCUT2D eigenvalue weighted by Gasteiger charge is 2.25. The minimum atomic E-state index is -0.0537. The van der Waals surface area contributed by atoms with Crippen LogP contribution in [0.4, 0.5) is 0 Å². The third kappa shape index (κ3) is 5.60. The maximum atomic E-state index is 12.9. The van der Waals surface area contributed by atoms with Crippen LogP contribution in [-0.2, 0) is 14.3 Å². The molecule has 1 saturated heterocycles. The molecule has 2 heterocycles. The van der Waals surface area contributed by atoms with Crippen LogP contribution in [0.15, 0.2) is 84.2 Å². The number of carbonyl (C=O) groups is 1. The second kappa shape index (κ2) is 10.8. The summed E-state index contributed by atoms with van der Waals surface area (Å²) in [5, 5.41) is 2.19. The van der Waals surface area contributed by atoms with E-state index in [9.17, 15) is 4.79 Å². The summed E-state index contributed by atoms with van der Waals surface area (Å²) in [4.78, 5) is 15.0. The number of ketones is 1. The van der Waals surface area contributed by atoms with Gasteiger partial charge in [0.2, 0.25) is 11.5 Å². The van der Waals surface area contributed by atoms with Gasteiger partial charge in [0.15, 0.2) is 5.76 Å². The summed E-state index contributed by atoms with van der Waals surface area (Å²) < 4.78 is 22.9. The van der Waals surface area contributed by atoms with Crippen LogP contribution in [0.5, 0.6) is 11.5 Å². The molecule has 35 heavy (non-hydrogen) atoms. The number of nitrogens with zero attached hydrogens (tertiary/aromatic N) is 1. The lowest BCUT2D eigenvalue weighted by Gasteiger charge is -2.31. The van der Waals surface area contributed by atoms with E-state index in [1.54, 1.807) is 13.4 Å². The third-order valence-electron chi connectivity index (χ3n) is 6.77. The maximum Gasteiger partial charge on any atom is 0.215 e. The normalized spacial score (nSPS) is 18.7. The predicted molar refractivity (Wildman–Crippen MR) is 135 cm³/mol. The van der Waals surface area contributed by atoms with Crippen molar-refractivity contribution in [1.82, 2.24) is 4.90 Å². The molecular formula is C29H31NO5. The Morgan fingerprint density at radius 2 is 2.03 bits per heavy atom. The summed E-state index contributed by atoms with van der Waals surface area (Å²) >= 11 is 0. The Kier molecular flexibility index (Phi) is 7.19. The first-order chi connectivity index (χ1) is 17.2. The van der Waals surface area contributed by atoms with Gasteiger partial charge in [0, 0.05) is 5.39 Å². The number of methoxy groups -OCH3 is 1. The molecule has 0 aromatic heterocycles. The third-order valence-corrected chi connectivity index (χ3v) is 6.77. The fraction of sp³-hybridized carbons (Fsp3) is 0.345. The molecule has 3 aliphatic rings. The molecule has 182 valence electrons. The Morgan fingerprint density at radius 3 is 2.83 bits per heavy atom. The quantitative estimate of drug-likeness (QED) is 0.504. The zero-order chi connectivity index (χ0) is 24.0. The number of likely N-dealkylation sites (tertiary alicyclic amines) is 1. The number of hydrogen-bond acceptors (Lipinski definition) is 6. The van der Waals surface area contributed by atoms with Crippen LogP contribution in [0, 0.1) is 5.92 Å². The smallest absolute Gasteiger partial charge is 0.215 e. The second-order valence-electron chi connectivity index (χ2n) is 9.16. The van der Waals surface area contributed by atoms with E-state index in [0.29, 0.717) is 24.8 Å². The number of rotatable bonds is 8. The molecule has 2 aromatic carbocycles. The molecule has 2 aromatic rings. The molecule has 0 saturated carbocycles. The van der Waals surface area contributed by atoms with E-state index in [1.807, 2.05) is 36.4 Å². The number of Topliss-reactive ketones (excluding diaryl/α,β-unsaturated/α-hetero) is 1. The Balaban J connectivity index is 1.10. The topological polar surface area (TPSA) is 57.2 Å². The first-order valence-electron chi connectivity index (χ1n) is 12.2. The van der Waals surface area contributed by atoms with Crippen LogP contribution in [0.2, 0.25) is 0 Å². The number of ether oxygens (including phenoxy) is 4. The molecule has 5 rings (SSSR count). The summed E-state index contributed by atoms with van der Waals surface area (Å²) in [6.07, 6.45) is 12.9. The van der Waals surface area contributed by atoms with Gasteiger partial charge in [-0.05, 0) is 73.8 Å².